The van der Waals surface area contributed by atoms with Crippen LogP contribution in [-0.2, 0) is 0 Å². The van der Waals surface area contributed by atoms with E-state index in [2.05, 4.69) is 25.0 Å². The Morgan fingerprint density at radius 3 is 2.36 bits per heavy atom. The van der Waals surface area contributed by atoms with Crippen molar-refractivity contribution >= 4 is 5.82 Å². The van der Waals surface area contributed by atoms with Gasteiger partial charge in [0.05, 0.1) is 6.20 Å². The zero-order chi connectivity index (χ0) is 20.5. The first-order valence-electron chi connectivity index (χ1n) is 7.76. The summed E-state index contributed by atoms with van der Waals surface area (Å²) in [5.74, 6) is -4.34. The number of halogens is 6. The molecule has 0 bridgehead atoms. The topological polar surface area (TPSA) is 62.8 Å². The van der Waals surface area contributed by atoms with E-state index in [1.165, 1.54) is 6.20 Å². The van der Waals surface area contributed by atoms with Gasteiger partial charge in [-0.25, -0.2) is 23.1 Å². The van der Waals surface area contributed by atoms with Gasteiger partial charge in [0, 0.05) is 18.0 Å². The molecule has 0 saturated heterocycles. The molecule has 2 N–H and O–H groups in total. The van der Waals surface area contributed by atoms with E-state index in [9.17, 15) is 26.3 Å². The van der Waals surface area contributed by atoms with Crippen LogP contribution in [0, 0.1) is 24.4 Å². The number of aryl methyl sites for hydroxylation is 1. The maximum absolute atomic E-state index is 14.1. The zero-order valence-electron chi connectivity index (χ0n) is 14.1. The van der Waals surface area contributed by atoms with E-state index in [-0.39, 0.29) is 17.2 Å². The first-order valence-corrected chi connectivity index (χ1v) is 7.76. The van der Waals surface area contributed by atoms with Gasteiger partial charge in [0.25, 0.3) is 0 Å². The molecule has 1 atom stereocenters. The predicted octanol–water partition coefficient (Wildman–Crippen LogP) is 4.63. The average molecular weight is 402 g/mol. The molecule has 0 saturated carbocycles. The Morgan fingerprint density at radius 1 is 1.04 bits per heavy atom. The second-order valence-corrected chi connectivity index (χ2v) is 5.75. The molecule has 2 heterocycles. The van der Waals surface area contributed by atoms with Crippen molar-refractivity contribution in [1.82, 2.24) is 15.0 Å². The van der Waals surface area contributed by atoms with Crippen molar-refractivity contribution in [1.29, 1.82) is 0 Å². The summed E-state index contributed by atoms with van der Waals surface area (Å²) in [5.41, 5.74) is 0.735. The molecule has 0 amide bonds. The van der Waals surface area contributed by atoms with Gasteiger partial charge in [0.1, 0.15) is 17.7 Å². The maximum atomic E-state index is 14.1. The van der Waals surface area contributed by atoms with Gasteiger partial charge in [-0.1, -0.05) is 6.07 Å². The number of ether oxygens (including phenoxy) is 1. The van der Waals surface area contributed by atoms with Crippen molar-refractivity contribution in [3.05, 3.63) is 71.2 Å². The molecule has 0 aliphatic rings. The molecule has 2 aromatic heterocycles. The highest BCUT2D eigenvalue weighted by atomic mass is 19.4. The van der Waals surface area contributed by atoms with Crippen molar-refractivity contribution in [2.75, 3.05) is 5.32 Å². The number of pyridine rings is 1. The lowest BCUT2D eigenvalue weighted by molar-refractivity contribution is -0.275. The summed E-state index contributed by atoms with van der Waals surface area (Å²) in [5, 5.41) is 2.64. The van der Waals surface area contributed by atoms with E-state index in [0.29, 0.717) is 11.8 Å². The molecule has 1 aromatic carbocycles. The minimum Gasteiger partial charge on any atom is -0.403 e. The average Bonchev–Trinajstić information content (AvgIpc) is 3.01. The van der Waals surface area contributed by atoms with E-state index >= 15 is 0 Å². The van der Waals surface area contributed by atoms with Crippen molar-refractivity contribution in [3.8, 4) is 5.75 Å². The van der Waals surface area contributed by atoms with Gasteiger partial charge in [-0.3, -0.25) is 0 Å². The fourth-order valence-corrected chi connectivity index (χ4v) is 2.45. The molecule has 0 aliphatic heterocycles. The second kappa shape index (κ2) is 7.41. The van der Waals surface area contributed by atoms with Crippen molar-refractivity contribution in [2.24, 2.45) is 0 Å². The van der Waals surface area contributed by atoms with E-state index in [0.717, 1.165) is 24.4 Å². The summed E-state index contributed by atoms with van der Waals surface area (Å²) in [6.07, 6.45) is -2.83. The Bertz CT molecular complexity index is 988. The Balaban J connectivity index is 1.98. The molecule has 148 valence electrons. The van der Waals surface area contributed by atoms with Gasteiger partial charge in [0.15, 0.2) is 23.2 Å². The first kappa shape index (κ1) is 19.5. The number of aromatic amines is 1. The quantitative estimate of drug-likeness (QED) is 0.611. The molecule has 0 spiro atoms. The van der Waals surface area contributed by atoms with Crippen LogP contribution in [0.3, 0.4) is 0 Å². The molecule has 3 aromatic rings. The van der Waals surface area contributed by atoms with Gasteiger partial charge < -0.3 is 15.0 Å². The molecular weight excluding hydrogens is 390 g/mol. The summed E-state index contributed by atoms with van der Waals surface area (Å²) >= 11 is 0. The van der Waals surface area contributed by atoms with Gasteiger partial charge in [0.2, 0.25) is 0 Å². The summed E-state index contributed by atoms with van der Waals surface area (Å²) < 4.78 is 81.7. The number of benzene rings is 1. The second-order valence-electron chi connectivity index (χ2n) is 5.75. The first-order chi connectivity index (χ1) is 13.1. The lowest BCUT2D eigenvalue weighted by Crippen LogP contribution is -2.19. The van der Waals surface area contributed by atoms with E-state index in [1.54, 1.807) is 6.92 Å². The number of rotatable bonds is 5. The van der Waals surface area contributed by atoms with E-state index in [4.69, 9.17) is 0 Å². The molecule has 5 nitrogen and oxygen atoms in total. The van der Waals surface area contributed by atoms with Crippen LogP contribution in [0.2, 0.25) is 0 Å². The number of nitrogens with one attached hydrogen (secondary N) is 2. The molecule has 0 fully saturated rings. The minimum absolute atomic E-state index is 0.104. The number of imidazole rings is 1. The van der Waals surface area contributed by atoms with Gasteiger partial charge in [-0.05, 0) is 24.6 Å². The Morgan fingerprint density at radius 2 is 1.79 bits per heavy atom. The number of hydrogen-bond acceptors (Lipinski definition) is 4. The highest BCUT2D eigenvalue weighted by Crippen LogP contribution is 2.31. The predicted molar refractivity (Wildman–Crippen MR) is 86.0 cm³/mol. The van der Waals surface area contributed by atoms with Gasteiger partial charge in [-0.15, -0.1) is 13.2 Å². The largest absolute Gasteiger partial charge is 0.573 e. The Kier molecular flexibility index (Phi) is 5.16. The minimum atomic E-state index is -5.06. The number of alkyl halides is 3. The van der Waals surface area contributed by atoms with Crippen molar-refractivity contribution in [2.45, 2.75) is 19.3 Å². The molecular formula is C17H12F6N4O. The van der Waals surface area contributed by atoms with Crippen LogP contribution in [-0.4, -0.2) is 21.3 Å². The number of nitrogens with zero attached hydrogens (tertiary/aromatic N) is 2. The third-order valence-electron chi connectivity index (χ3n) is 3.60. The van der Waals surface area contributed by atoms with Gasteiger partial charge in [-0.2, -0.15) is 0 Å². The van der Waals surface area contributed by atoms with E-state index < -0.39 is 35.6 Å². The van der Waals surface area contributed by atoms with E-state index in [1.807, 2.05) is 0 Å². The van der Waals surface area contributed by atoms with Crippen LogP contribution in [0.5, 0.6) is 5.75 Å². The number of anilines is 1. The standard InChI is InChI=1S/C17H12F6N4O/c1-8-6-24-16(26-8)14(27-15-12(20)5-10(18)7-25-15)9-2-3-13(11(19)4-9)28-17(21,22)23/h2-7,14H,1H3,(H,24,26)(H,25,27)/t14-/m1/s1. The van der Waals surface area contributed by atoms with Gasteiger partial charge >= 0.3 is 6.36 Å². The van der Waals surface area contributed by atoms with Crippen LogP contribution < -0.4 is 10.1 Å². The Labute approximate surface area is 154 Å². The fraction of sp³-hybridized carbons (Fsp3) is 0.176. The highest BCUT2D eigenvalue weighted by molar-refractivity contribution is 5.44. The summed E-state index contributed by atoms with van der Waals surface area (Å²) in [6, 6.07) is 2.31. The van der Waals surface area contributed by atoms with Crippen LogP contribution in [0.15, 0.2) is 36.7 Å². The van der Waals surface area contributed by atoms with Crippen LogP contribution in [0.25, 0.3) is 0 Å². The monoisotopic (exact) mass is 402 g/mol. The lowest BCUT2D eigenvalue weighted by Gasteiger charge is -2.19. The van der Waals surface area contributed by atoms with Crippen LogP contribution in [0.4, 0.5) is 32.2 Å². The maximum Gasteiger partial charge on any atom is 0.573 e. The summed E-state index contributed by atoms with van der Waals surface area (Å²) in [4.78, 5) is 10.5. The Hall–Kier alpha value is -3.24. The summed E-state index contributed by atoms with van der Waals surface area (Å²) in [6.45, 7) is 1.69. The molecule has 0 unspecified atom stereocenters. The third kappa shape index (κ3) is 4.53. The third-order valence-corrected chi connectivity index (χ3v) is 3.60. The molecule has 28 heavy (non-hydrogen) atoms. The SMILES string of the molecule is Cc1cnc([C@H](Nc2ncc(F)cc2F)c2ccc(OC(F)(F)F)c(F)c2)[nH]1. The molecule has 0 aliphatic carbocycles. The molecule has 3 rings (SSSR count). The lowest BCUT2D eigenvalue weighted by atomic mass is 10.1. The molecule has 11 heteroatoms. The van der Waals surface area contributed by atoms with Crippen LogP contribution >= 0.6 is 0 Å². The normalized spacial score (nSPS) is 12.7. The smallest absolute Gasteiger partial charge is 0.403 e. The fourth-order valence-electron chi connectivity index (χ4n) is 2.45. The number of H-pyrrole nitrogens is 1. The summed E-state index contributed by atoms with van der Waals surface area (Å²) in [7, 11) is 0. The molecule has 0 radical (unpaired) electrons. The highest BCUT2D eigenvalue weighted by Gasteiger charge is 2.32. The van der Waals surface area contributed by atoms with Crippen molar-refractivity contribution < 1.29 is 31.1 Å². The number of aromatic nitrogens is 3. The van der Waals surface area contributed by atoms with Crippen molar-refractivity contribution in [3.63, 3.8) is 0 Å². The zero-order valence-corrected chi connectivity index (χ0v) is 14.1. The number of hydrogen-bond donors (Lipinski definition) is 2. The van der Waals surface area contributed by atoms with Crippen LogP contribution in [0.1, 0.15) is 23.1 Å².